The Morgan fingerprint density at radius 2 is 2.03 bits per heavy atom. The fraction of sp³-hybridized carbons (Fsp3) is 0.208. The third kappa shape index (κ3) is 5.23. The Balaban J connectivity index is 1.72. The number of nitrogens with one attached hydrogen (secondary N) is 2. The third-order valence-corrected chi connectivity index (χ3v) is 5.25. The second-order valence-corrected chi connectivity index (χ2v) is 8.35. The van der Waals surface area contributed by atoms with Crippen molar-refractivity contribution in [1.29, 1.82) is 5.26 Å². The number of nitrogens with zero attached hydrogens (tertiary/aromatic N) is 5. The highest BCUT2D eigenvalue weighted by molar-refractivity contribution is 6.00. The summed E-state index contributed by atoms with van der Waals surface area (Å²) in [6.45, 7) is 2.20. The molecule has 9 nitrogen and oxygen atoms in total. The van der Waals surface area contributed by atoms with Crippen LogP contribution in [0.3, 0.4) is 0 Å². The fourth-order valence-corrected chi connectivity index (χ4v) is 3.30. The normalized spacial score (nSPS) is 12.2. The van der Waals surface area contributed by atoms with Crippen LogP contribution in [-0.2, 0) is 0 Å². The van der Waals surface area contributed by atoms with Crippen molar-refractivity contribution in [2.24, 2.45) is 0 Å². The van der Waals surface area contributed by atoms with Gasteiger partial charge in [-0.2, -0.15) is 14.8 Å². The van der Waals surface area contributed by atoms with E-state index in [1.165, 1.54) is 38.5 Å². The van der Waals surface area contributed by atoms with Gasteiger partial charge in [-0.1, -0.05) is 0 Å². The number of halogens is 2. The van der Waals surface area contributed by atoms with E-state index in [-0.39, 0.29) is 11.3 Å². The van der Waals surface area contributed by atoms with Crippen molar-refractivity contribution in [2.45, 2.75) is 25.6 Å². The lowest BCUT2D eigenvalue weighted by Crippen LogP contribution is -2.42. The predicted octanol–water partition coefficient (Wildman–Crippen LogP) is 3.38. The van der Waals surface area contributed by atoms with E-state index in [2.05, 4.69) is 25.7 Å². The maximum Gasteiger partial charge on any atom is 0.255 e. The molecular formula is C24H21F2N7O2. The first kappa shape index (κ1) is 23.7. The molecule has 0 radical (unpaired) electrons. The number of alkyl halides is 1. The minimum absolute atomic E-state index is 0.0782. The number of carbonyl (C=O) groups excluding carboxylic acids is 1. The lowest BCUT2D eigenvalue weighted by molar-refractivity contribution is -0.00177. The summed E-state index contributed by atoms with van der Waals surface area (Å²) in [5, 5.41) is 28.6. The van der Waals surface area contributed by atoms with Gasteiger partial charge in [0.25, 0.3) is 5.91 Å². The summed E-state index contributed by atoms with van der Waals surface area (Å²) in [7, 11) is 0. The maximum absolute atomic E-state index is 14.2. The number of carbonyl (C=O) groups is 1. The Morgan fingerprint density at radius 1 is 1.23 bits per heavy atom. The van der Waals surface area contributed by atoms with E-state index < -0.39 is 30.2 Å². The van der Waals surface area contributed by atoms with Crippen molar-refractivity contribution < 1.29 is 18.7 Å². The van der Waals surface area contributed by atoms with Gasteiger partial charge in [0, 0.05) is 24.1 Å². The molecule has 4 rings (SSSR count). The Bertz CT molecular complexity index is 1440. The van der Waals surface area contributed by atoms with Gasteiger partial charge in [-0.3, -0.25) is 9.78 Å². The summed E-state index contributed by atoms with van der Waals surface area (Å²) in [6, 6.07) is 11.5. The fourth-order valence-electron chi connectivity index (χ4n) is 3.30. The minimum Gasteiger partial charge on any atom is -0.387 e. The van der Waals surface area contributed by atoms with Gasteiger partial charge in [0.2, 0.25) is 5.95 Å². The summed E-state index contributed by atoms with van der Waals surface area (Å²) in [4.78, 5) is 20.8. The van der Waals surface area contributed by atoms with Crippen LogP contribution in [0.2, 0.25) is 0 Å². The first-order valence-corrected chi connectivity index (χ1v) is 10.6. The van der Waals surface area contributed by atoms with Crippen LogP contribution in [0.1, 0.15) is 29.8 Å². The lowest BCUT2D eigenvalue weighted by Gasteiger charge is -2.22. The second kappa shape index (κ2) is 9.44. The van der Waals surface area contributed by atoms with Crippen molar-refractivity contribution in [3.63, 3.8) is 0 Å². The molecule has 0 spiro atoms. The first-order chi connectivity index (χ1) is 16.7. The third-order valence-electron chi connectivity index (χ3n) is 5.25. The van der Waals surface area contributed by atoms with Gasteiger partial charge in [0.05, 0.1) is 52.1 Å². The van der Waals surface area contributed by atoms with Crippen molar-refractivity contribution in [2.75, 3.05) is 11.9 Å². The number of aliphatic hydroxyl groups is 1. The van der Waals surface area contributed by atoms with Crippen molar-refractivity contribution in [1.82, 2.24) is 24.9 Å². The molecule has 0 saturated carbocycles. The van der Waals surface area contributed by atoms with Gasteiger partial charge in [-0.25, -0.2) is 13.9 Å². The largest absolute Gasteiger partial charge is 0.387 e. The maximum atomic E-state index is 14.2. The van der Waals surface area contributed by atoms with E-state index in [0.717, 1.165) is 6.07 Å². The molecule has 1 atom stereocenters. The van der Waals surface area contributed by atoms with E-state index in [9.17, 15) is 18.7 Å². The standard InChI is InChI=1S/C24H21F2N7O2/c1-24(2,35)21(25)13-30-23(34)17-12-29-19(9-18(17)32-15-5-6-28-22(26)8-15)20-4-3-16-7-14(10-27)11-31-33(16)20/h3-9,11-12,21,35H,13H2,1-2H3,(H,30,34)(H,28,29,32)/t21-/m1/s1. The molecular weight excluding hydrogens is 456 g/mol. The van der Waals surface area contributed by atoms with Crippen LogP contribution in [0, 0.1) is 17.3 Å². The van der Waals surface area contributed by atoms with Gasteiger partial charge in [-0.05, 0) is 44.2 Å². The van der Waals surface area contributed by atoms with Crippen LogP contribution >= 0.6 is 0 Å². The van der Waals surface area contributed by atoms with Crippen LogP contribution < -0.4 is 10.6 Å². The molecule has 0 saturated heterocycles. The van der Waals surface area contributed by atoms with E-state index in [1.807, 2.05) is 6.07 Å². The van der Waals surface area contributed by atoms with Gasteiger partial charge >= 0.3 is 0 Å². The topological polar surface area (TPSA) is 128 Å². The Kier molecular flexibility index (Phi) is 6.40. The molecule has 1 amide bonds. The first-order valence-electron chi connectivity index (χ1n) is 10.6. The molecule has 0 aliphatic carbocycles. The van der Waals surface area contributed by atoms with E-state index in [0.29, 0.717) is 28.2 Å². The van der Waals surface area contributed by atoms with Crippen molar-refractivity contribution >= 4 is 22.8 Å². The van der Waals surface area contributed by atoms with Gasteiger partial charge in [0.1, 0.15) is 12.2 Å². The molecule has 0 aliphatic rings. The zero-order chi connectivity index (χ0) is 25.2. The predicted molar refractivity (Wildman–Crippen MR) is 124 cm³/mol. The Morgan fingerprint density at radius 3 is 2.74 bits per heavy atom. The number of fused-ring (bicyclic) bond motifs is 1. The molecule has 0 bridgehead atoms. The van der Waals surface area contributed by atoms with Crippen molar-refractivity contribution in [3.05, 3.63) is 72.1 Å². The highest BCUT2D eigenvalue weighted by Gasteiger charge is 2.27. The molecule has 0 unspecified atom stereocenters. The van der Waals surface area contributed by atoms with Crippen LogP contribution in [0.5, 0.6) is 0 Å². The Labute approximate surface area is 199 Å². The second-order valence-electron chi connectivity index (χ2n) is 8.35. The molecule has 4 aromatic heterocycles. The highest BCUT2D eigenvalue weighted by atomic mass is 19.1. The molecule has 178 valence electrons. The highest BCUT2D eigenvalue weighted by Crippen LogP contribution is 2.28. The monoisotopic (exact) mass is 477 g/mol. The molecule has 0 aromatic carbocycles. The van der Waals surface area contributed by atoms with E-state index in [4.69, 9.17) is 5.26 Å². The summed E-state index contributed by atoms with van der Waals surface area (Å²) >= 11 is 0. The number of amides is 1. The number of pyridine rings is 2. The summed E-state index contributed by atoms with van der Waals surface area (Å²) < 4.78 is 29.4. The van der Waals surface area contributed by atoms with Gasteiger partial charge < -0.3 is 15.7 Å². The molecule has 4 aromatic rings. The Hall–Kier alpha value is -4.43. The molecule has 0 fully saturated rings. The zero-order valence-electron chi connectivity index (χ0n) is 18.8. The molecule has 35 heavy (non-hydrogen) atoms. The number of hydrogen-bond acceptors (Lipinski definition) is 7. The summed E-state index contributed by atoms with van der Waals surface area (Å²) in [5.74, 6) is -1.35. The van der Waals surface area contributed by atoms with Gasteiger partial charge in [-0.15, -0.1) is 0 Å². The quantitative estimate of drug-likeness (QED) is 0.348. The van der Waals surface area contributed by atoms with Crippen LogP contribution in [0.25, 0.3) is 16.9 Å². The lowest BCUT2D eigenvalue weighted by atomic mass is 10.0. The van der Waals surface area contributed by atoms with Crippen molar-refractivity contribution in [3.8, 4) is 17.5 Å². The number of aromatic nitrogens is 4. The zero-order valence-corrected chi connectivity index (χ0v) is 18.8. The molecule has 4 heterocycles. The average molecular weight is 477 g/mol. The van der Waals surface area contributed by atoms with Crippen LogP contribution in [0.4, 0.5) is 20.2 Å². The van der Waals surface area contributed by atoms with Crippen LogP contribution in [0.15, 0.2) is 55.0 Å². The smallest absolute Gasteiger partial charge is 0.255 e. The molecule has 11 heteroatoms. The van der Waals surface area contributed by atoms with E-state index >= 15 is 0 Å². The van der Waals surface area contributed by atoms with Gasteiger partial charge in [0.15, 0.2) is 0 Å². The molecule has 0 aliphatic heterocycles. The van der Waals surface area contributed by atoms with Crippen LogP contribution in [-0.4, -0.2) is 48.9 Å². The number of nitriles is 1. The number of anilines is 2. The summed E-state index contributed by atoms with van der Waals surface area (Å²) in [6.07, 6.45) is 2.31. The van der Waals surface area contributed by atoms with E-state index in [1.54, 1.807) is 28.8 Å². The number of rotatable bonds is 7. The SMILES string of the molecule is CC(C)(O)[C@H](F)CNC(=O)c1cnc(-c2ccc3cc(C#N)cnn23)cc1Nc1ccnc(F)c1. The average Bonchev–Trinajstić information content (AvgIpc) is 3.25. The molecule has 3 N–H and O–H groups in total. The minimum atomic E-state index is -1.69. The number of hydrogen-bond donors (Lipinski definition) is 3. The summed E-state index contributed by atoms with van der Waals surface area (Å²) in [5.41, 5.74) is 1.17.